The summed E-state index contributed by atoms with van der Waals surface area (Å²) in [7, 11) is 3.47. The van der Waals surface area contributed by atoms with Gasteiger partial charge in [0.15, 0.2) is 5.65 Å². The van der Waals surface area contributed by atoms with Gasteiger partial charge in [-0.25, -0.2) is 4.98 Å². The molecule has 1 N–H and O–H groups in total. The zero-order valence-electron chi connectivity index (χ0n) is 17.5. The minimum atomic E-state index is -0.154. The molecule has 152 valence electrons. The molecule has 0 spiro atoms. The molecule has 0 saturated heterocycles. The second-order valence-electron chi connectivity index (χ2n) is 7.30. The highest BCUT2D eigenvalue weighted by atomic mass is 16.5. The van der Waals surface area contributed by atoms with Gasteiger partial charge in [0.25, 0.3) is 5.91 Å². The molecule has 0 aliphatic rings. The Labute approximate surface area is 175 Å². The SMILES string of the molecule is COc1cccc(-c2cc(C(=O)N[C@@H](C)c3ccccc3)c3c(C)nn(C)c3n2)c1. The van der Waals surface area contributed by atoms with Gasteiger partial charge in [-0.05, 0) is 37.6 Å². The Bertz CT molecular complexity index is 1210. The number of methoxy groups -OCH3 is 1. The third kappa shape index (κ3) is 3.64. The van der Waals surface area contributed by atoms with E-state index >= 15 is 0 Å². The summed E-state index contributed by atoms with van der Waals surface area (Å²) in [5.74, 6) is 0.582. The van der Waals surface area contributed by atoms with Crippen molar-refractivity contribution in [3.05, 3.63) is 77.5 Å². The van der Waals surface area contributed by atoms with E-state index in [2.05, 4.69) is 10.4 Å². The number of nitrogens with zero attached hydrogens (tertiary/aromatic N) is 3. The number of nitrogens with one attached hydrogen (secondary N) is 1. The van der Waals surface area contributed by atoms with Crippen molar-refractivity contribution >= 4 is 16.9 Å². The first-order valence-corrected chi connectivity index (χ1v) is 9.82. The number of pyridine rings is 1. The highest BCUT2D eigenvalue weighted by Gasteiger charge is 2.21. The predicted molar refractivity (Wildman–Crippen MR) is 118 cm³/mol. The Morgan fingerprint density at radius 2 is 1.87 bits per heavy atom. The monoisotopic (exact) mass is 400 g/mol. The van der Waals surface area contributed by atoms with Crippen LogP contribution in [-0.4, -0.2) is 27.8 Å². The normalized spacial score (nSPS) is 12.0. The molecular weight excluding hydrogens is 376 g/mol. The number of amides is 1. The van der Waals surface area contributed by atoms with Gasteiger partial charge in [-0.2, -0.15) is 5.10 Å². The van der Waals surface area contributed by atoms with Gasteiger partial charge in [-0.3, -0.25) is 9.48 Å². The Morgan fingerprint density at radius 1 is 1.10 bits per heavy atom. The molecule has 0 saturated carbocycles. The molecular formula is C24H24N4O2. The highest BCUT2D eigenvalue weighted by molar-refractivity contribution is 6.07. The maximum absolute atomic E-state index is 13.3. The molecule has 2 aromatic carbocycles. The molecule has 6 nitrogen and oxygen atoms in total. The van der Waals surface area contributed by atoms with Crippen LogP contribution in [0.15, 0.2) is 60.7 Å². The molecule has 30 heavy (non-hydrogen) atoms. The second kappa shape index (κ2) is 7.99. The molecule has 0 unspecified atom stereocenters. The van der Waals surface area contributed by atoms with E-state index < -0.39 is 0 Å². The van der Waals surface area contributed by atoms with Gasteiger partial charge in [0.2, 0.25) is 0 Å². The minimum absolute atomic E-state index is 0.126. The molecule has 0 fully saturated rings. The summed E-state index contributed by atoms with van der Waals surface area (Å²) >= 11 is 0. The Kier molecular flexibility index (Phi) is 5.23. The van der Waals surface area contributed by atoms with E-state index in [1.54, 1.807) is 11.8 Å². The first-order chi connectivity index (χ1) is 14.5. The van der Waals surface area contributed by atoms with E-state index in [0.29, 0.717) is 16.9 Å². The van der Waals surface area contributed by atoms with Gasteiger partial charge < -0.3 is 10.1 Å². The van der Waals surface area contributed by atoms with Crippen LogP contribution in [0, 0.1) is 6.92 Å². The highest BCUT2D eigenvalue weighted by Crippen LogP contribution is 2.29. The van der Waals surface area contributed by atoms with Gasteiger partial charge >= 0.3 is 0 Å². The van der Waals surface area contributed by atoms with E-state index in [4.69, 9.17) is 9.72 Å². The summed E-state index contributed by atoms with van der Waals surface area (Å²) in [5.41, 5.74) is 4.63. The molecule has 6 heteroatoms. The number of carbonyl (C=O) groups is 1. The van der Waals surface area contributed by atoms with E-state index in [9.17, 15) is 4.79 Å². The third-order valence-electron chi connectivity index (χ3n) is 5.23. The van der Waals surface area contributed by atoms with Crippen molar-refractivity contribution in [2.45, 2.75) is 19.9 Å². The van der Waals surface area contributed by atoms with Crippen LogP contribution in [0.25, 0.3) is 22.3 Å². The van der Waals surface area contributed by atoms with Crippen LogP contribution in [0.1, 0.15) is 34.6 Å². The van der Waals surface area contributed by atoms with Crippen LogP contribution in [0.3, 0.4) is 0 Å². The second-order valence-corrected chi connectivity index (χ2v) is 7.30. The van der Waals surface area contributed by atoms with E-state index in [-0.39, 0.29) is 11.9 Å². The van der Waals surface area contributed by atoms with Crippen LogP contribution in [-0.2, 0) is 7.05 Å². The third-order valence-corrected chi connectivity index (χ3v) is 5.23. The Morgan fingerprint density at radius 3 is 2.60 bits per heavy atom. The largest absolute Gasteiger partial charge is 0.497 e. The van der Waals surface area contributed by atoms with Crippen molar-refractivity contribution in [2.24, 2.45) is 7.05 Å². The zero-order valence-corrected chi connectivity index (χ0v) is 17.5. The lowest BCUT2D eigenvalue weighted by molar-refractivity contribution is 0.0941. The van der Waals surface area contributed by atoms with Gasteiger partial charge in [-0.15, -0.1) is 0 Å². The Hall–Kier alpha value is -3.67. The number of benzene rings is 2. The first kappa shape index (κ1) is 19.6. The average Bonchev–Trinajstić information content (AvgIpc) is 3.07. The predicted octanol–water partition coefficient (Wildman–Crippen LogP) is 4.44. The van der Waals surface area contributed by atoms with Crippen molar-refractivity contribution in [1.29, 1.82) is 0 Å². The van der Waals surface area contributed by atoms with Gasteiger partial charge in [0, 0.05) is 12.6 Å². The smallest absolute Gasteiger partial charge is 0.252 e. The first-order valence-electron chi connectivity index (χ1n) is 9.82. The number of fused-ring (bicyclic) bond motifs is 1. The fourth-order valence-corrected chi connectivity index (χ4v) is 3.65. The van der Waals surface area contributed by atoms with Crippen molar-refractivity contribution in [3.63, 3.8) is 0 Å². The number of ether oxygens (including phenoxy) is 1. The number of aromatic nitrogens is 3. The summed E-state index contributed by atoms with van der Waals surface area (Å²) in [6.45, 7) is 3.87. The summed E-state index contributed by atoms with van der Waals surface area (Å²) in [6.07, 6.45) is 0. The van der Waals surface area contributed by atoms with E-state index in [1.807, 2.05) is 81.6 Å². The van der Waals surface area contributed by atoms with Crippen molar-refractivity contribution in [3.8, 4) is 17.0 Å². The molecule has 0 radical (unpaired) electrons. The van der Waals surface area contributed by atoms with E-state index in [0.717, 1.165) is 28.0 Å². The van der Waals surface area contributed by atoms with Crippen LogP contribution in [0.4, 0.5) is 0 Å². The van der Waals surface area contributed by atoms with Crippen LogP contribution >= 0.6 is 0 Å². The van der Waals surface area contributed by atoms with Gasteiger partial charge in [0.05, 0.1) is 35.5 Å². The fourth-order valence-electron chi connectivity index (χ4n) is 3.65. The molecule has 0 aliphatic heterocycles. The number of aryl methyl sites for hydroxylation is 2. The standard InChI is InChI=1S/C24H24N4O2/c1-15(17-9-6-5-7-10-17)25-24(29)20-14-21(18-11-8-12-19(13-18)30-4)26-23-22(20)16(2)27-28(23)3/h5-15H,1-4H3,(H,25,29)/t15-/m0/s1. The molecule has 2 heterocycles. The van der Waals surface area contributed by atoms with Crippen molar-refractivity contribution in [1.82, 2.24) is 20.1 Å². The molecule has 1 atom stereocenters. The van der Waals surface area contributed by atoms with Crippen molar-refractivity contribution < 1.29 is 9.53 Å². The van der Waals surface area contributed by atoms with Crippen LogP contribution in [0.5, 0.6) is 5.75 Å². The zero-order chi connectivity index (χ0) is 21.3. The Balaban J connectivity index is 1.80. The lowest BCUT2D eigenvalue weighted by Crippen LogP contribution is -2.27. The summed E-state index contributed by atoms with van der Waals surface area (Å²) in [4.78, 5) is 18.1. The number of hydrogen-bond donors (Lipinski definition) is 1. The molecule has 4 rings (SSSR count). The quantitative estimate of drug-likeness (QED) is 0.538. The number of carbonyl (C=O) groups excluding carboxylic acids is 1. The lowest BCUT2D eigenvalue weighted by Gasteiger charge is -2.15. The molecule has 0 aliphatic carbocycles. The maximum atomic E-state index is 13.3. The summed E-state index contributed by atoms with van der Waals surface area (Å²) in [5, 5.41) is 8.37. The lowest BCUT2D eigenvalue weighted by atomic mass is 10.0. The maximum Gasteiger partial charge on any atom is 0.252 e. The summed E-state index contributed by atoms with van der Waals surface area (Å²) in [6, 6.07) is 19.3. The summed E-state index contributed by atoms with van der Waals surface area (Å²) < 4.78 is 7.06. The molecule has 2 aromatic heterocycles. The van der Waals surface area contributed by atoms with Crippen molar-refractivity contribution in [2.75, 3.05) is 7.11 Å². The van der Waals surface area contributed by atoms with Crippen LogP contribution < -0.4 is 10.1 Å². The fraction of sp³-hybridized carbons (Fsp3) is 0.208. The topological polar surface area (TPSA) is 69.0 Å². The minimum Gasteiger partial charge on any atom is -0.497 e. The molecule has 1 amide bonds. The molecule has 0 bridgehead atoms. The number of rotatable bonds is 5. The van der Waals surface area contributed by atoms with Crippen LogP contribution in [0.2, 0.25) is 0 Å². The van der Waals surface area contributed by atoms with Gasteiger partial charge in [0.1, 0.15) is 5.75 Å². The molecule has 4 aromatic rings. The number of hydrogen-bond acceptors (Lipinski definition) is 4. The average molecular weight is 400 g/mol. The van der Waals surface area contributed by atoms with E-state index in [1.165, 1.54) is 0 Å². The van der Waals surface area contributed by atoms with Gasteiger partial charge in [-0.1, -0.05) is 42.5 Å².